The molecule has 0 saturated carbocycles. The molecule has 158 valence electrons. The maximum atomic E-state index is 12.9. The standard InChI is InChI=1S/C22H18F2N4O2S/c1-13-11-16(14(2)28(13)19-9-5-6-10-25-19)20(29)27-22-26-17(12-31-22)15-7-3-4-8-18(15)30-21(23)24/h3-12,21H,1-2H3,(H,26,27,29). The van der Waals surface area contributed by atoms with Gasteiger partial charge < -0.3 is 9.30 Å². The van der Waals surface area contributed by atoms with E-state index in [-0.39, 0.29) is 11.7 Å². The number of rotatable bonds is 6. The summed E-state index contributed by atoms with van der Waals surface area (Å²) in [5.41, 5.74) is 2.99. The molecule has 0 fully saturated rings. The highest BCUT2D eigenvalue weighted by atomic mass is 32.1. The molecule has 3 heterocycles. The third kappa shape index (κ3) is 4.31. The number of nitrogens with zero attached hydrogens (tertiary/aromatic N) is 3. The summed E-state index contributed by atoms with van der Waals surface area (Å²) in [4.78, 5) is 21.6. The van der Waals surface area contributed by atoms with Gasteiger partial charge in [0.2, 0.25) is 0 Å². The monoisotopic (exact) mass is 440 g/mol. The van der Waals surface area contributed by atoms with Gasteiger partial charge in [-0.2, -0.15) is 8.78 Å². The number of hydrogen-bond donors (Lipinski definition) is 1. The van der Waals surface area contributed by atoms with Crippen LogP contribution in [0.15, 0.2) is 60.1 Å². The second-order valence-electron chi connectivity index (χ2n) is 6.67. The molecule has 0 atom stereocenters. The Morgan fingerprint density at radius 1 is 1.16 bits per heavy atom. The van der Waals surface area contributed by atoms with Gasteiger partial charge in [-0.1, -0.05) is 18.2 Å². The van der Waals surface area contributed by atoms with E-state index in [9.17, 15) is 13.6 Å². The topological polar surface area (TPSA) is 69.0 Å². The number of nitrogens with one attached hydrogen (secondary N) is 1. The third-order valence-electron chi connectivity index (χ3n) is 4.66. The number of hydrogen-bond acceptors (Lipinski definition) is 5. The van der Waals surface area contributed by atoms with Crippen molar-refractivity contribution in [3.63, 3.8) is 0 Å². The van der Waals surface area contributed by atoms with Gasteiger partial charge in [0.05, 0.1) is 11.3 Å². The number of halogens is 2. The highest BCUT2D eigenvalue weighted by Crippen LogP contribution is 2.33. The maximum absolute atomic E-state index is 12.9. The van der Waals surface area contributed by atoms with Crippen LogP contribution >= 0.6 is 11.3 Å². The van der Waals surface area contributed by atoms with Gasteiger partial charge in [0.1, 0.15) is 11.6 Å². The smallest absolute Gasteiger partial charge is 0.387 e. The van der Waals surface area contributed by atoms with Gasteiger partial charge in [0.15, 0.2) is 5.13 Å². The Kier molecular flexibility index (Phi) is 5.77. The summed E-state index contributed by atoms with van der Waals surface area (Å²) in [6.45, 7) is 0.815. The lowest BCUT2D eigenvalue weighted by Gasteiger charge is -2.08. The quantitative estimate of drug-likeness (QED) is 0.432. The minimum absolute atomic E-state index is 0.0274. The first-order chi connectivity index (χ1) is 14.9. The van der Waals surface area contributed by atoms with Crippen molar-refractivity contribution in [2.45, 2.75) is 20.5 Å². The molecule has 6 nitrogen and oxygen atoms in total. The minimum atomic E-state index is -2.94. The molecule has 9 heteroatoms. The van der Waals surface area contributed by atoms with Crippen LogP contribution < -0.4 is 10.1 Å². The lowest BCUT2D eigenvalue weighted by atomic mass is 10.1. The maximum Gasteiger partial charge on any atom is 0.387 e. The fourth-order valence-corrected chi connectivity index (χ4v) is 4.03. The molecular formula is C22H18F2N4O2S. The van der Waals surface area contributed by atoms with E-state index >= 15 is 0 Å². The first-order valence-corrected chi connectivity index (χ1v) is 10.2. The van der Waals surface area contributed by atoms with Gasteiger partial charge in [-0.15, -0.1) is 11.3 Å². The number of alkyl halides is 2. The van der Waals surface area contributed by atoms with Crippen LogP contribution in [0.5, 0.6) is 5.75 Å². The highest BCUT2D eigenvalue weighted by Gasteiger charge is 2.19. The number of aryl methyl sites for hydroxylation is 1. The van der Waals surface area contributed by atoms with Crippen LogP contribution in [0.3, 0.4) is 0 Å². The SMILES string of the molecule is Cc1cc(C(=O)Nc2nc(-c3ccccc3OC(F)F)cs2)c(C)n1-c1ccccn1. The van der Waals surface area contributed by atoms with Crippen LogP contribution in [0.2, 0.25) is 0 Å². The van der Waals surface area contributed by atoms with E-state index in [1.54, 1.807) is 35.8 Å². The largest absolute Gasteiger partial charge is 0.434 e. The van der Waals surface area contributed by atoms with E-state index in [0.717, 1.165) is 17.2 Å². The molecule has 0 aliphatic carbocycles. The van der Waals surface area contributed by atoms with Gasteiger partial charge in [0.25, 0.3) is 5.91 Å². The van der Waals surface area contributed by atoms with E-state index < -0.39 is 6.61 Å². The first kappa shape index (κ1) is 20.7. The molecule has 1 amide bonds. The third-order valence-corrected chi connectivity index (χ3v) is 5.42. The second kappa shape index (κ2) is 8.65. The molecule has 0 spiro atoms. The summed E-state index contributed by atoms with van der Waals surface area (Å²) in [5, 5.41) is 4.82. The number of thiazole rings is 1. The molecule has 1 aromatic carbocycles. The Labute approximate surface area is 181 Å². The number of amides is 1. The van der Waals surface area contributed by atoms with Gasteiger partial charge >= 0.3 is 6.61 Å². The van der Waals surface area contributed by atoms with E-state index in [1.165, 1.54) is 17.4 Å². The average Bonchev–Trinajstić information content (AvgIpc) is 3.32. The van der Waals surface area contributed by atoms with Crippen molar-refractivity contribution in [2.24, 2.45) is 0 Å². The molecule has 0 radical (unpaired) electrons. The Bertz CT molecular complexity index is 1220. The fraction of sp³-hybridized carbons (Fsp3) is 0.136. The fourth-order valence-electron chi connectivity index (χ4n) is 3.33. The number of pyridine rings is 1. The summed E-state index contributed by atoms with van der Waals surface area (Å²) in [7, 11) is 0. The Morgan fingerprint density at radius 2 is 1.94 bits per heavy atom. The Hall–Kier alpha value is -3.59. The zero-order chi connectivity index (χ0) is 22.0. The molecule has 0 aliphatic heterocycles. The van der Waals surface area contributed by atoms with E-state index in [4.69, 9.17) is 0 Å². The van der Waals surface area contributed by atoms with Crippen molar-refractivity contribution in [3.05, 3.63) is 77.1 Å². The predicted molar refractivity (Wildman–Crippen MR) is 115 cm³/mol. The summed E-state index contributed by atoms with van der Waals surface area (Å²) < 4.78 is 31.8. The molecule has 31 heavy (non-hydrogen) atoms. The van der Waals surface area contributed by atoms with Crippen molar-refractivity contribution in [3.8, 4) is 22.8 Å². The lowest BCUT2D eigenvalue weighted by Crippen LogP contribution is -2.13. The molecule has 0 unspecified atom stereocenters. The van der Waals surface area contributed by atoms with Crippen molar-refractivity contribution in [1.29, 1.82) is 0 Å². The lowest BCUT2D eigenvalue weighted by molar-refractivity contribution is -0.0494. The summed E-state index contributed by atoms with van der Waals surface area (Å²) >= 11 is 1.20. The second-order valence-corrected chi connectivity index (χ2v) is 7.53. The van der Waals surface area contributed by atoms with Gasteiger partial charge in [0, 0.05) is 28.5 Å². The first-order valence-electron chi connectivity index (χ1n) is 9.35. The van der Waals surface area contributed by atoms with Crippen LogP contribution in [0.25, 0.3) is 17.1 Å². The Morgan fingerprint density at radius 3 is 2.68 bits per heavy atom. The van der Waals surface area contributed by atoms with Crippen molar-refractivity contribution < 1.29 is 18.3 Å². The zero-order valence-electron chi connectivity index (χ0n) is 16.7. The van der Waals surface area contributed by atoms with E-state index in [0.29, 0.717) is 22.0 Å². The van der Waals surface area contributed by atoms with E-state index in [2.05, 4.69) is 20.0 Å². The number of aromatic nitrogens is 3. The number of anilines is 1. The number of ether oxygens (including phenoxy) is 1. The van der Waals surface area contributed by atoms with Gasteiger partial charge in [-0.05, 0) is 44.2 Å². The van der Waals surface area contributed by atoms with E-state index in [1.807, 2.05) is 36.6 Å². The minimum Gasteiger partial charge on any atom is -0.434 e. The summed E-state index contributed by atoms with van der Waals surface area (Å²) in [5.74, 6) is 0.441. The number of benzene rings is 1. The molecule has 0 saturated heterocycles. The van der Waals surface area contributed by atoms with Crippen LogP contribution in [0.4, 0.5) is 13.9 Å². The number of para-hydroxylation sites is 1. The molecular weight excluding hydrogens is 422 g/mol. The van der Waals surface area contributed by atoms with Crippen LogP contribution in [-0.2, 0) is 0 Å². The van der Waals surface area contributed by atoms with Crippen LogP contribution in [0.1, 0.15) is 21.7 Å². The Balaban J connectivity index is 1.57. The highest BCUT2D eigenvalue weighted by molar-refractivity contribution is 7.14. The normalized spacial score (nSPS) is 11.0. The van der Waals surface area contributed by atoms with Crippen molar-refractivity contribution >= 4 is 22.4 Å². The molecule has 4 rings (SSSR count). The molecule has 3 aromatic heterocycles. The molecule has 4 aromatic rings. The summed E-state index contributed by atoms with van der Waals surface area (Å²) in [6, 6.07) is 13.8. The number of carbonyl (C=O) groups is 1. The number of carbonyl (C=O) groups excluding carboxylic acids is 1. The zero-order valence-corrected chi connectivity index (χ0v) is 17.5. The van der Waals surface area contributed by atoms with Crippen molar-refractivity contribution in [1.82, 2.24) is 14.5 Å². The summed E-state index contributed by atoms with van der Waals surface area (Å²) in [6.07, 6.45) is 1.70. The van der Waals surface area contributed by atoms with Crippen LogP contribution in [-0.4, -0.2) is 27.1 Å². The molecule has 0 bridgehead atoms. The van der Waals surface area contributed by atoms with Crippen molar-refractivity contribution in [2.75, 3.05) is 5.32 Å². The average molecular weight is 440 g/mol. The molecule has 1 N–H and O–H groups in total. The van der Waals surface area contributed by atoms with Crippen LogP contribution in [0, 0.1) is 13.8 Å². The van der Waals surface area contributed by atoms with Gasteiger partial charge in [-0.3, -0.25) is 10.1 Å². The van der Waals surface area contributed by atoms with Gasteiger partial charge in [-0.25, -0.2) is 9.97 Å². The predicted octanol–water partition coefficient (Wildman–Crippen LogP) is 5.47. The molecule has 0 aliphatic rings.